The first-order chi connectivity index (χ1) is 16.2. The maximum Gasteiger partial charge on any atom is 0.344 e. The second-order valence-electron chi connectivity index (χ2n) is 9.42. The van der Waals surface area contributed by atoms with Gasteiger partial charge in [0.25, 0.3) is 0 Å². The molecule has 0 spiro atoms. The van der Waals surface area contributed by atoms with Crippen molar-refractivity contribution in [3.05, 3.63) is 47.5 Å². The van der Waals surface area contributed by atoms with E-state index in [1.165, 1.54) is 0 Å². The fourth-order valence-electron chi connectivity index (χ4n) is 3.54. The van der Waals surface area contributed by atoms with Gasteiger partial charge in [-0.2, -0.15) is 0 Å². The lowest BCUT2D eigenvalue weighted by molar-refractivity contribution is -0.147. The van der Waals surface area contributed by atoms with Gasteiger partial charge in [-0.3, -0.25) is 0 Å². The van der Waals surface area contributed by atoms with Crippen LogP contribution in [0.1, 0.15) is 38.8 Å². The van der Waals surface area contributed by atoms with E-state index in [-0.39, 0.29) is 25.0 Å². The summed E-state index contributed by atoms with van der Waals surface area (Å²) >= 11 is 0. The molecule has 6 nitrogen and oxygen atoms in total. The number of aryl methyl sites for hydroxylation is 2. The van der Waals surface area contributed by atoms with Crippen LogP contribution in [-0.4, -0.2) is 38.4 Å². The molecule has 0 unspecified atom stereocenters. The van der Waals surface area contributed by atoms with Gasteiger partial charge in [0.05, 0.1) is 13.2 Å². The molecule has 0 saturated carbocycles. The molecule has 0 aliphatic heterocycles. The Balaban J connectivity index is 2.02. The summed E-state index contributed by atoms with van der Waals surface area (Å²) in [7, 11) is 0. The molecule has 182 valence electrons. The molecule has 0 aliphatic carbocycles. The topological polar surface area (TPSA) is 71.1 Å². The molecule has 0 N–H and O–H groups in total. The van der Waals surface area contributed by atoms with Crippen molar-refractivity contribution in [2.24, 2.45) is 11.8 Å². The van der Waals surface area contributed by atoms with E-state index in [9.17, 15) is 9.59 Å². The van der Waals surface area contributed by atoms with Crippen LogP contribution in [-0.2, 0) is 19.1 Å². The van der Waals surface area contributed by atoms with Crippen LogP contribution in [0.4, 0.5) is 0 Å². The maximum absolute atomic E-state index is 12.2. The van der Waals surface area contributed by atoms with E-state index in [1.807, 2.05) is 77.9 Å². The smallest absolute Gasteiger partial charge is 0.344 e. The van der Waals surface area contributed by atoms with Gasteiger partial charge in [0.15, 0.2) is 13.2 Å². The minimum atomic E-state index is -0.414. The molecule has 0 amide bonds. The van der Waals surface area contributed by atoms with E-state index < -0.39 is 11.9 Å². The first-order valence-electron chi connectivity index (χ1n) is 11.7. The van der Waals surface area contributed by atoms with Gasteiger partial charge in [-0.15, -0.1) is 0 Å². The van der Waals surface area contributed by atoms with Gasteiger partial charge < -0.3 is 18.9 Å². The Kier molecular flexibility index (Phi) is 8.37. The molecule has 0 atom stereocenters. The van der Waals surface area contributed by atoms with Gasteiger partial charge in [0.2, 0.25) is 0 Å². The predicted octanol–water partition coefficient (Wildman–Crippen LogP) is 5.77. The molecule has 6 heteroatoms. The number of hydrogen-bond acceptors (Lipinski definition) is 6. The molecule has 3 aromatic rings. The van der Waals surface area contributed by atoms with Gasteiger partial charge in [-0.25, -0.2) is 9.59 Å². The number of fused-ring (bicyclic) bond motifs is 2. The van der Waals surface area contributed by atoms with Gasteiger partial charge >= 0.3 is 11.9 Å². The second kappa shape index (κ2) is 11.2. The number of esters is 2. The average Bonchev–Trinajstić information content (AvgIpc) is 2.79. The number of benzene rings is 3. The number of hydrogen-bond donors (Lipinski definition) is 0. The highest BCUT2D eigenvalue weighted by Gasteiger charge is 2.19. The van der Waals surface area contributed by atoms with Crippen LogP contribution in [0.15, 0.2) is 36.4 Å². The van der Waals surface area contributed by atoms with Crippen LogP contribution in [0.5, 0.6) is 11.5 Å². The Morgan fingerprint density at radius 2 is 1.06 bits per heavy atom. The van der Waals surface area contributed by atoms with Crippen LogP contribution in [0, 0.1) is 25.7 Å². The summed E-state index contributed by atoms with van der Waals surface area (Å²) in [6.07, 6.45) is 0. The lowest BCUT2D eigenvalue weighted by Crippen LogP contribution is -2.18. The van der Waals surface area contributed by atoms with Gasteiger partial charge in [-0.05, 0) is 48.9 Å². The summed E-state index contributed by atoms with van der Waals surface area (Å²) in [5.41, 5.74) is 2.16. The largest absolute Gasteiger partial charge is 0.481 e. The van der Waals surface area contributed by atoms with Crippen LogP contribution in [0.2, 0.25) is 0 Å². The van der Waals surface area contributed by atoms with Crippen molar-refractivity contribution in [2.75, 3.05) is 26.4 Å². The third kappa shape index (κ3) is 6.19. The Hall–Kier alpha value is -3.28. The Labute approximate surface area is 201 Å². The fourth-order valence-corrected chi connectivity index (χ4v) is 3.54. The van der Waals surface area contributed by atoms with Gasteiger partial charge in [0, 0.05) is 21.5 Å². The Morgan fingerprint density at radius 3 is 1.41 bits per heavy atom. The maximum atomic E-state index is 12.2. The molecule has 0 fully saturated rings. The van der Waals surface area contributed by atoms with Crippen LogP contribution >= 0.6 is 0 Å². The van der Waals surface area contributed by atoms with E-state index >= 15 is 0 Å². The quantitative estimate of drug-likeness (QED) is 0.279. The third-order valence-corrected chi connectivity index (χ3v) is 5.36. The summed E-state index contributed by atoms with van der Waals surface area (Å²) < 4.78 is 22.7. The fraction of sp³-hybridized carbons (Fsp3) is 0.429. The molecule has 3 rings (SSSR count). The number of carbonyl (C=O) groups is 2. The van der Waals surface area contributed by atoms with Crippen molar-refractivity contribution in [3.63, 3.8) is 0 Å². The molecule has 0 aliphatic rings. The molecule has 3 aromatic carbocycles. The SMILES string of the molecule is Cc1cc2c(OCC(=O)OCC(C)C)c3ccccc3c(OCC(=O)OCC(C)C)c2cc1C. The zero-order valence-corrected chi connectivity index (χ0v) is 20.9. The lowest BCUT2D eigenvalue weighted by Gasteiger charge is -2.19. The molecule has 0 radical (unpaired) electrons. The molecule has 0 heterocycles. The third-order valence-electron chi connectivity index (χ3n) is 5.36. The first kappa shape index (κ1) is 25.3. The monoisotopic (exact) mass is 466 g/mol. The number of ether oxygens (including phenoxy) is 4. The standard InChI is InChI=1S/C28H34O6/c1-17(2)13-31-25(29)15-33-27-21-9-7-8-10-22(21)28(34-16-26(30)32-14-18(3)4)24-12-20(6)19(5)11-23(24)27/h7-12,17-18H,13-16H2,1-6H3. The van der Waals surface area contributed by atoms with Crippen molar-refractivity contribution >= 4 is 33.5 Å². The molecule has 34 heavy (non-hydrogen) atoms. The molecule has 0 saturated heterocycles. The van der Waals surface area contributed by atoms with Gasteiger partial charge in [-0.1, -0.05) is 52.0 Å². The minimum Gasteiger partial charge on any atom is -0.481 e. The summed E-state index contributed by atoms with van der Waals surface area (Å²) in [6, 6.07) is 11.7. The number of rotatable bonds is 10. The summed E-state index contributed by atoms with van der Waals surface area (Å²) in [5, 5.41) is 3.20. The molecule has 0 bridgehead atoms. The average molecular weight is 467 g/mol. The van der Waals surface area contributed by atoms with E-state index in [0.717, 1.165) is 32.7 Å². The van der Waals surface area contributed by atoms with E-state index in [0.29, 0.717) is 24.7 Å². The summed E-state index contributed by atoms with van der Waals surface area (Å²) in [4.78, 5) is 24.5. The van der Waals surface area contributed by atoms with Gasteiger partial charge in [0.1, 0.15) is 11.5 Å². The second-order valence-corrected chi connectivity index (χ2v) is 9.42. The van der Waals surface area contributed by atoms with E-state index in [4.69, 9.17) is 18.9 Å². The zero-order valence-electron chi connectivity index (χ0n) is 20.9. The Bertz CT molecular complexity index is 1090. The predicted molar refractivity (Wildman–Crippen MR) is 134 cm³/mol. The number of carbonyl (C=O) groups excluding carboxylic acids is 2. The summed E-state index contributed by atoms with van der Waals surface area (Å²) in [6.45, 7) is 12.3. The van der Waals surface area contributed by atoms with Crippen molar-refractivity contribution in [3.8, 4) is 11.5 Å². The molecular formula is C28H34O6. The van der Waals surface area contributed by atoms with Crippen LogP contribution < -0.4 is 9.47 Å². The lowest BCUT2D eigenvalue weighted by atomic mass is 9.96. The highest BCUT2D eigenvalue weighted by Crippen LogP contribution is 2.43. The van der Waals surface area contributed by atoms with Crippen LogP contribution in [0.3, 0.4) is 0 Å². The van der Waals surface area contributed by atoms with Crippen LogP contribution in [0.25, 0.3) is 21.5 Å². The van der Waals surface area contributed by atoms with E-state index in [1.54, 1.807) is 0 Å². The van der Waals surface area contributed by atoms with Crippen molar-refractivity contribution < 1.29 is 28.5 Å². The van der Waals surface area contributed by atoms with E-state index in [2.05, 4.69) is 0 Å². The minimum absolute atomic E-state index is 0.194. The highest BCUT2D eigenvalue weighted by atomic mass is 16.6. The Morgan fingerprint density at radius 1 is 0.676 bits per heavy atom. The normalized spacial score (nSPS) is 11.3. The summed E-state index contributed by atoms with van der Waals surface area (Å²) in [5.74, 6) is 0.848. The van der Waals surface area contributed by atoms with Crippen molar-refractivity contribution in [2.45, 2.75) is 41.5 Å². The van der Waals surface area contributed by atoms with Crippen molar-refractivity contribution in [1.29, 1.82) is 0 Å². The van der Waals surface area contributed by atoms with Crippen molar-refractivity contribution in [1.82, 2.24) is 0 Å². The molecule has 0 aromatic heterocycles. The molecular weight excluding hydrogens is 432 g/mol. The highest BCUT2D eigenvalue weighted by molar-refractivity contribution is 6.11. The zero-order chi connectivity index (χ0) is 24.8. The first-order valence-corrected chi connectivity index (χ1v) is 11.7.